The number of fused-ring (bicyclic) bond motifs is 1. The second kappa shape index (κ2) is 5.74. The van der Waals surface area contributed by atoms with Crippen molar-refractivity contribution in [2.75, 3.05) is 25.4 Å². The molecule has 0 spiro atoms. The fourth-order valence-corrected chi connectivity index (χ4v) is 4.78. The molecule has 110 valence electrons. The summed E-state index contributed by atoms with van der Waals surface area (Å²) in [5.74, 6) is 1.38. The maximum absolute atomic E-state index is 11.7. The zero-order chi connectivity index (χ0) is 14.0. The second-order valence-electron chi connectivity index (χ2n) is 5.63. The van der Waals surface area contributed by atoms with E-state index in [1.54, 1.807) is 0 Å². The van der Waals surface area contributed by atoms with Crippen molar-refractivity contribution in [3.63, 3.8) is 0 Å². The van der Waals surface area contributed by atoms with Gasteiger partial charge in [0.2, 0.25) is 0 Å². The van der Waals surface area contributed by atoms with Gasteiger partial charge in [0.25, 0.3) is 0 Å². The monoisotopic (exact) mass is 295 g/mol. The van der Waals surface area contributed by atoms with Gasteiger partial charge in [0.1, 0.15) is 5.75 Å². The first-order valence-electron chi connectivity index (χ1n) is 7.32. The normalized spacial score (nSPS) is 23.5. The van der Waals surface area contributed by atoms with Crippen molar-refractivity contribution >= 4 is 9.84 Å². The molecule has 20 heavy (non-hydrogen) atoms. The van der Waals surface area contributed by atoms with Crippen LogP contribution in [0, 0.1) is 0 Å². The highest BCUT2D eigenvalue weighted by Gasteiger charge is 2.30. The minimum Gasteiger partial charge on any atom is -0.493 e. The molecule has 0 aliphatic carbocycles. The van der Waals surface area contributed by atoms with Crippen LogP contribution in [0.25, 0.3) is 0 Å². The van der Waals surface area contributed by atoms with Crippen molar-refractivity contribution in [3.8, 4) is 5.75 Å². The van der Waals surface area contributed by atoms with Crippen LogP contribution in [0.5, 0.6) is 5.75 Å². The predicted octanol–water partition coefficient (Wildman–Crippen LogP) is 1.33. The molecule has 0 saturated carbocycles. The predicted molar refractivity (Wildman–Crippen MR) is 79.0 cm³/mol. The summed E-state index contributed by atoms with van der Waals surface area (Å²) in [6.07, 6.45) is 3.56. The lowest BCUT2D eigenvalue weighted by atomic mass is 10.1. The van der Waals surface area contributed by atoms with Gasteiger partial charge in [-0.05, 0) is 43.0 Å². The summed E-state index contributed by atoms with van der Waals surface area (Å²) in [6, 6.07) is 6.34. The molecule has 1 saturated heterocycles. The van der Waals surface area contributed by atoms with Gasteiger partial charge in [0.15, 0.2) is 9.84 Å². The Hall–Kier alpha value is -1.07. The standard InChI is InChI=1S/C15H21NO3S/c17-20(18)9-1-2-14(20)11-16-7-5-12-3-4-15-13(10-12)6-8-19-15/h3-4,10,14,16H,1-2,5-9,11H2. The third-order valence-electron chi connectivity index (χ3n) is 4.18. The Morgan fingerprint density at radius 3 is 3.05 bits per heavy atom. The van der Waals surface area contributed by atoms with Gasteiger partial charge in [-0.15, -0.1) is 0 Å². The molecule has 2 heterocycles. The summed E-state index contributed by atoms with van der Waals surface area (Å²) in [7, 11) is -2.82. The van der Waals surface area contributed by atoms with Crippen LogP contribution < -0.4 is 10.1 Å². The number of rotatable bonds is 5. The quantitative estimate of drug-likeness (QED) is 0.833. The molecule has 3 rings (SSSR count). The van der Waals surface area contributed by atoms with Crippen LogP contribution in [-0.2, 0) is 22.7 Å². The number of nitrogens with one attached hydrogen (secondary N) is 1. The van der Waals surface area contributed by atoms with Gasteiger partial charge < -0.3 is 10.1 Å². The van der Waals surface area contributed by atoms with Gasteiger partial charge in [-0.25, -0.2) is 8.42 Å². The molecule has 0 bridgehead atoms. The van der Waals surface area contributed by atoms with Crippen molar-refractivity contribution in [1.29, 1.82) is 0 Å². The summed E-state index contributed by atoms with van der Waals surface area (Å²) in [4.78, 5) is 0. The van der Waals surface area contributed by atoms with Crippen molar-refractivity contribution in [2.24, 2.45) is 0 Å². The van der Waals surface area contributed by atoms with Crippen molar-refractivity contribution in [3.05, 3.63) is 29.3 Å². The fourth-order valence-electron chi connectivity index (χ4n) is 2.98. The number of hydrogen-bond acceptors (Lipinski definition) is 4. The van der Waals surface area contributed by atoms with E-state index in [4.69, 9.17) is 4.74 Å². The van der Waals surface area contributed by atoms with E-state index in [2.05, 4.69) is 17.4 Å². The summed E-state index contributed by atoms with van der Waals surface area (Å²) in [5.41, 5.74) is 2.58. The molecule has 0 radical (unpaired) electrons. The SMILES string of the molecule is O=S1(=O)CCCC1CNCCc1ccc2c(c1)CCO2. The largest absolute Gasteiger partial charge is 0.493 e. The zero-order valence-corrected chi connectivity index (χ0v) is 12.4. The molecule has 1 atom stereocenters. The molecule has 0 aromatic heterocycles. The van der Waals surface area contributed by atoms with E-state index >= 15 is 0 Å². The molecule has 1 N–H and O–H groups in total. The maximum atomic E-state index is 11.7. The number of ether oxygens (including phenoxy) is 1. The molecule has 1 aromatic carbocycles. The first-order valence-corrected chi connectivity index (χ1v) is 9.03. The Bertz CT molecular complexity index is 583. The minimum absolute atomic E-state index is 0.170. The third kappa shape index (κ3) is 2.99. The van der Waals surface area contributed by atoms with Crippen LogP contribution in [0.15, 0.2) is 18.2 Å². The van der Waals surface area contributed by atoms with E-state index in [1.807, 2.05) is 6.07 Å². The average Bonchev–Trinajstić information content (AvgIpc) is 3.00. The maximum Gasteiger partial charge on any atom is 0.154 e. The number of benzene rings is 1. The molecular formula is C15H21NO3S. The van der Waals surface area contributed by atoms with Gasteiger partial charge in [0, 0.05) is 13.0 Å². The van der Waals surface area contributed by atoms with Gasteiger partial charge in [-0.1, -0.05) is 12.1 Å². The topological polar surface area (TPSA) is 55.4 Å². The van der Waals surface area contributed by atoms with E-state index in [-0.39, 0.29) is 5.25 Å². The average molecular weight is 295 g/mol. The molecule has 2 aliphatic heterocycles. The Kier molecular flexibility index (Phi) is 3.98. The fraction of sp³-hybridized carbons (Fsp3) is 0.600. The van der Waals surface area contributed by atoms with E-state index in [0.29, 0.717) is 12.3 Å². The van der Waals surface area contributed by atoms with Crippen LogP contribution in [0.4, 0.5) is 0 Å². The first kappa shape index (κ1) is 13.9. The summed E-state index contributed by atoms with van der Waals surface area (Å²) in [5, 5.41) is 3.12. The third-order valence-corrected chi connectivity index (χ3v) is 6.45. The highest BCUT2D eigenvalue weighted by molar-refractivity contribution is 7.92. The number of hydrogen-bond donors (Lipinski definition) is 1. The van der Waals surface area contributed by atoms with Gasteiger partial charge in [0.05, 0.1) is 17.6 Å². The molecule has 1 unspecified atom stereocenters. The van der Waals surface area contributed by atoms with Crippen molar-refractivity contribution < 1.29 is 13.2 Å². The molecule has 5 heteroatoms. The van der Waals surface area contributed by atoms with Crippen LogP contribution in [0.3, 0.4) is 0 Å². The van der Waals surface area contributed by atoms with E-state index < -0.39 is 9.84 Å². The molecule has 1 fully saturated rings. The Labute approximate surface area is 120 Å². The molecular weight excluding hydrogens is 274 g/mol. The van der Waals surface area contributed by atoms with Crippen molar-refractivity contribution in [2.45, 2.75) is 30.9 Å². The first-order chi connectivity index (χ1) is 9.65. The molecule has 1 aromatic rings. The Morgan fingerprint density at radius 1 is 1.35 bits per heavy atom. The summed E-state index contributed by atoms with van der Waals surface area (Å²) in [6.45, 7) is 2.21. The van der Waals surface area contributed by atoms with Crippen LogP contribution in [0.2, 0.25) is 0 Å². The highest BCUT2D eigenvalue weighted by atomic mass is 32.2. The molecule has 0 amide bonds. The summed E-state index contributed by atoms with van der Waals surface area (Å²) >= 11 is 0. The van der Waals surface area contributed by atoms with E-state index in [9.17, 15) is 8.42 Å². The summed E-state index contributed by atoms with van der Waals surface area (Å²) < 4.78 is 28.9. The van der Waals surface area contributed by atoms with E-state index in [0.717, 1.165) is 44.6 Å². The van der Waals surface area contributed by atoms with Crippen LogP contribution >= 0.6 is 0 Å². The lowest BCUT2D eigenvalue weighted by molar-refractivity contribution is 0.357. The molecule has 2 aliphatic rings. The van der Waals surface area contributed by atoms with Gasteiger partial charge in [-0.3, -0.25) is 0 Å². The van der Waals surface area contributed by atoms with Crippen molar-refractivity contribution in [1.82, 2.24) is 5.32 Å². The minimum atomic E-state index is -2.82. The number of sulfone groups is 1. The van der Waals surface area contributed by atoms with Gasteiger partial charge >= 0.3 is 0 Å². The Balaban J connectivity index is 1.46. The molecule has 4 nitrogen and oxygen atoms in total. The van der Waals surface area contributed by atoms with Crippen LogP contribution in [-0.4, -0.2) is 39.1 Å². The smallest absolute Gasteiger partial charge is 0.154 e. The Morgan fingerprint density at radius 2 is 2.25 bits per heavy atom. The van der Waals surface area contributed by atoms with E-state index in [1.165, 1.54) is 11.1 Å². The van der Waals surface area contributed by atoms with Gasteiger partial charge in [-0.2, -0.15) is 0 Å². The lowest BCUT2D eigenvalue weighted by Crippen LogP contribution is -2.31. The zero-order valence-electron chi connectivity index (χ0n) is 11.6. The lowest BCUT2D eigenvalue weighted by Gasteiger charge is -2.11. The van der Waals surface area contributed by atoms with Crippen LogP contribution in [0.1, 0.15) is 24.0 Å². The highest BCUT2D eigenvalue weighted by Crippen LogP contribution is 2.26. The second-order valence-corrected chi connectivity index (χ2v) is 8.03.